The zero-order valence-corrected chi connectivity index (χ0v) is 16.1. The van der Waals surface area contributed by atoms with Crippen molar-refractivity contribution in [3.05, 3.63) is 65.2 Å². The minimum Gasteiger partial charge on any atom is -0.497 e. The van der Waals surface area contributed by atoms with Crippen LogP contribution in [0, 0.1) is 10.8 Å². The highest BCUT2D eigenvalue weighted by Crippen LogP contribution is 2.29. The summed E-state index contributed by atoms with van der Waals surface area (Å²) in [6, 6.07) is 17.6. The van der Waals surface area contributed by atoms with E-state index in [0.29, 0.717) is 5.41 Å². The Morgan fingerprint density at radius 3 is 1.79 bits per heavy atom. The Morgan fingerprint density at radius 1 is 0.708 bits per heavy atom. The van der Waals surface area contributed by atoms with Crippen LogP contribution in [0.1, 0.15) is 51.3 Å². The van der Waals surface area contributed by atoms with Crippen LogP contribution >= 0.6 is 0 Å². The second-order valence-electron chi connectivity index (χ2n) is 8.92. The molecular formula is C23H32O. The van der Waals surface area contributed by atoms with Gasteiger partial charge in [0.25, 0.3) is 0 Å². The minimum atomic E-state index is 0.231. The van der Waals surface area contributed by atoms with E-state index in [-0.39, 0.29) is 5.41 Å². The zero-order chi connectivity index (χ0) is 17.8. The molecule has 0 aromatic heterocycles. The topological polar surface area (TPSA) is 9.23 Å². The van der Waals surface area contributed by atoms with Crippen LogP contribution in [-0.2, 0) is 19.3 Å². The molecule has 0 aliphatic heterocycles. The first-order chi connectivity index (χ1) is 11.2. The molecule has 0 saturated carbocycles. The Balaban J connectivity index is 2.06. The molecule has 0 spiro atoms. The fourth-order valence-electron chi connectivity index (χ4n) is 3.37. The second kappa shape index (κ2) is 7.42. The van der Waals surface area contributed by atoms with Gasteiger partial charge in [-0.2, -0.15) is 0 Å². The molecule has 0 N–H and O–H groups in total. The molecule has 24 heavy (non-hydrogen) atoms. The van der Waals surface area contributed by atoms with Crippen LogP contribution in [0.15, 0.2) is 48.5 Å². The molecule has 2 rings (SSSR count). The summed E-state index contributed by atoms with van der Waals surface area (Å²) >= 11 is 0. The van der Waals surface area contributed by atoms with Gasteiger partial charge in [-0.3, -0.25) is 0 Å². The molecular weight excluding hydrogens is 292 g/mol. The molecule has 1 nitrogen and oxygen atoms in total. The van der Waals surface area contributed by atoms with Crippen molar-refractivity contribution in [1.82, 2.24) is 0 Å². The first-order valence-electron chi connectivity index (χ1n) is 8.88. The third-order valence-corrected chi connectivity index (χ3v) is 4.25. The normalized spacial score (nSPS) is 12.2. The van der Waals surface area contributed by atoms with E-state index in [1.165, 1.54) is 16.7 Å². The zero-order valence-electron chi connectivity index (χ0n) is 16.1. The summed E-state index contributed by atoms with van der Waals surface area (Å²) in [5, 5.41) is 0. The fraction of sp³-hybridized carbons (Fsp3) is 0.478. The summed E-state index contributed by atoms with van der Waals surface area (Å²) in [6.07, 6.45) is 3.29. The number of hydrogen-bond donors (Lipinski definition) is 0. The third kappa shape index (κ3) is 6.03. The van der Waals surface area contributed by atoms with E-state index in [4.69, 9.17) is 4.74 Å². The Labute approximate surface area is 148 Å². The lowest BCUT2D eigenvalue weighted by Gasteiger charge is -2.26. The van der Waals surface area contributed by atoms with Gasteiger partial charge < -0.3 is 4.74 Å². The van der Waals surface area contributed by atoms with E-state index in [9.17, 15) is 0 Å². The lowest BCUT2D eigenvalue weighted by Crippen LogP contribution is -2.18. The summed E-state index contributed by atoms with van der Waals surface area (Å²) in [7, 11) is 1.71. The lowest BCUT2D eigenvalue weighted by molar-refractivity contribution is 0.360. The molecule has 0 aliphatic rings. The van der Waals surface area contributed by atoms with Gasteiger partial charge in [-0.1, -0.05) is 71.0 Å². The van der Waals surface area contributed by atoms with Crippen LogP contribution < -0.4 is 4.74 Å². The molecule has 2 aromatic carbocycles. The monoisotopic (exact) mass is 324 g/mol. The minimum absolute atomic E-state index is 0.231. The van der Waals surface area contributed by atoms with Crippen molar-refractivity contribution in [3.8, 4) is 5.75 Å². The molecule has 1 heteroatoms. The van der Waals surface area contributed by atoms with E-state index in [2.05, 4.69) is 83.1 Å². The third-order valence-electron chi connectivity index (χ3n) is 4.25. The average molecular weight is 325 g/mol. The molecule has 0 fully saturated rings. The molecule has 0 bridgehead atoms. The number of hydrogen-bond acceptors (Lipinski definition) is 1. The first-order valence-corrected chi connectivity index (χ1v) is 8.88. The van der Waals surface area contributed by atoms with Gasteiger partial charge in [0.2, 0.25) is 0 Å². The van der Waals surface area contributed by atoms with Gasteiger partial charge in [-0.05, 0) is 58.9 Å². The van der Waals surface area contributed by atoms with Crippen molar-refractivity contribution in [1.29, 1.82) is 0 Å². The lowest BCUT2D eigenvalue weighted by atomic mass is 9.79. The summed E-state index contributed by atoms with van der Waals surface area (Å²) in [4.78, 5) is 0. The van der Waals surface area contributed by atoms with Gasteiger partial charge >= 0.3 is 0 Å². The Bertz CT molecular complexity index is 644. The number of methoxy groups -OCH3 is 1. The summed E-state index contributed by atoms with van der Waals surface area (Å²) in [6.45, 7) is 11.6. The van der Waals surface area contributed by atoms with E-state index >= 15 is 0 Å². The second-order valence-corrected chi connectivity index (χ2v) is 8.92. The van der Waals surface area contributed by atoms with E-state index in [1.54, 1.807) is 7.11 Å². The number of benzene rings is 2. The number of rotatable bonds is 6. The molecule has 0 radical (unpaired) electrons. The van der Waals surface area contributed by atoms with E-state index < -0.39 is 0 Å². The largest absolute Gasteiger partial charge is 0.497 e. The molecule has 0 unspecified atom stereocenters. The van der Waals surface area contributed by atoms with Crippen molar-refractivity contribution in [2.75, 3.05) is 7.11 Å². The van der Waals surface area contributed by atoms with E-state index in [1.807, 2.05) is 0 Å². The predicted octanol–water partition coefficient (Wildman–Crippen LogP) is 6.10. The molecule has 0 saturated heterocycles. The van der Waals surface area contributed by atoms with Crippen molar-refractivity contribution < 1.29 is 4.74 Å². The van der Waals surface area contributed by atoms with Crippen molar-refractivity contribution in [2.45, 2.75) is 53.9 Å². The van der Waals surface area contributed by atoms with Crippen molar-refractivity contribution >= 4 is 0 Å². The Hall–Kier alpha value is -1.76. The highest BCUT2D eigenvalue weighted by atomic mass is 16.5. The van der Waals surface area contributed by atoms with Gasteiger partial charge in [0, 0.05) is 0 Å². The van der Waals surface area contributed by atoms with Gasteiger partial charge in [0.1, 0.15) is 5.75 Å². The van der Waals surface area contributed by atoms with Crippen LogP contribution in [0.4, 0.5) is 0 Å². The first kappa shape index (κ1) is 18.6. The maximum Gasteiger partial charge on any atom is 0.118 e. The molecule has 0 heterocycles. The van der Waals surface area contributed by atoms with Gasteiger partial charge in [0.15, 0.2) is 0 Å². The highest BCUT2D eigenvalue weighted by molar-refractivity contribution is 5.29. The average Bonchev–Trinajstić information content (AvgIpc) is 2.45. The SMILES string of the molecule is COc1ccc(CC(C)(C)Cc2cccc(CC(C)(C)C)c2)cc1. The standard InChI is InChI=1S/C23H32O/c1-22(2,3)15-19-8-7-9-20(14-19)17-23(4,5)16-18-10-12-21(24-6)13-11-18/h7-14H,15-17H2,1-6H3. The van der Waals surface area contributed by atoms with Gasteiger partial charge in [0.05, 0.1) is 7.11 Å². The van der Waals surface area contributed by atoms with Crippen molar-refractivity contribution in [2.24, 2.45) is 10.8 Å². The molecule has 130 valence electrons. The summed E-state index contributed by atoms with van der Waals surface area (Å²) < 4.78 is 5.25. The molecule has 2 aromatic rings. The molecule has 0 amide bonds. The Morgan fingerprint density at radius 2 is 1.25 bits per heavy atom. The smallest absolute Gasteiger partial charge is 0.118 e. The van der Waals surface area contributed by atoms with Crippen molar-refractivity contribution in [3.63, 3.8) is 0 Å². The van der Waals surface area contributed by atoms with Gasteiger partial charge in [-0.15, -0.1) is 0 Å². The summed E-state index contributed by atoms with van der Waals surface area (Å²) in [5.74, 6) is 0.923. The maximum atomic E-state index is 5.25. The quantitative estimate of drug-likeness (QED) is 0.624. The molecule has 0 aliphatic carbocycles. The fourth-order valence-corrected chi connectivity index (χ4v) is 3.37. The summed E-state index contributed by atoms with van der Waals surface area (Å²) in [5.41, 5.74) is 4.81. The molecule has 0 atom stereocenters. The van der Waals surface area contributed by atoms with Crippen LogP contribution in [0.5, 0.6) is 5.75 Å². The Kier molecular flexibility index (Phi) is 5.74. The van der Waals surface area contributed by atoms with Crippen LogP contribution in [-0.4, -0.2) is 7.11 Å². The van der Waals surface area contributed by atoms with E-state index in [0.717, 1.165) is 25.0 Å². The van der Waals surface area contributed by atoms with Crippen LogP contribution in [0.2, 0.25) is 0 Å². The number of ether oxygens (including phenoxy) is 1. The van der Waals surface area contributed by atoms with Crippen LogP contribution in [0.25, 0.3) is 0 Å². The van der Waals surface area contributed by atoms with Gasteiger partial charge in [-0.25, -0.2) is 0 Å². The highest BCUT2D eigenvalue weighted by Gasteiger charge is 2.20. The maximum absolute atomic E-state index is 5.25. The van der Waals surface area contributed by atoms with Crippen LogP contribution in [0.3, 0.4) is 0 Å². The predicted molar refractivity (Wildman–Crippen MR) is 104 cm³/mol.